The van der Waals surface area contributed by atoms with Crippen molar-refractivity contribution in [3.8, 4) is 28.8 Å². The average Bonchev–Trinajstić information content (AvgIpc) is 3.82. The summed E-state index contributed by atoms with van der Waals surface area (Å²) in [6.45, 7) is 6.38. The lowest BCUT2D eigenvalue weighted by Crippen LogP contribution is -2.45. The van der Waals surface area contributed by atoms with E-state index in [1.54, 1.807) is 35.7 Å². The van der Waals surface area contributed by atoms with Gasteiger partial charge in [-0.05, 0) is 62.4 Å². The molecule has 1 unspecified atom stereocenters. The Labute approximate surface area is 284 Å². The molecule has 1 aliphatic carbocycles. The molecule has 1 aliphatic heterocycles. The zero-order valence-electron chi connectivity index (χ0n) is 27.4. The number of nitrogens with one attached hydrogen (secondary N) is 1. The minimum absolute atomic E-state index is 0.235. The summed E-state index contributed by atoms with van der Waals surface area (Å²) in [5.41, 5.74) is 3.55. The molecule has 49 heavy (non-hydrogen) atoms. The highest BCUT2D eigenvalue weighted by molar-refractivity contribution is 5.67. The number of ether oxygens (including phenoxy) is 3. The van der Waals surface area contributed by atoms with Crippen molar-refractivity contribution in [3.63, 3.8) is 0 Å². The van der Waals surface area contributed by atoms with Crippen molar-refractivity contribution in [2.75, 3.05) is 31.6 Å². The van der Waals surface area contributed by atoms with E-state index >= 15 is 0 Å². The minimum atomic E-state index is -0.235. The van der Waals surface area contributed by atoms with Gasteiger partial charge in [0.15, 0.2) is 0 Å². The lowest BCUT2D eigenvalue weighted by Gasteiger charge is -2.38. The zero-order chi connectivity index (χ0) is 33.4. The van der Waals surface area contributed by atoms with Crippen molar-refractivity contribution < 1.29 is 14.2 Å². The van der Waals surface area contributed by atoms with Gasteiger partial charge in [-0.3, -0.25) is 14.6 Å². The Morgan fingerprint density at radius 1 is 1.02 bits per heavy atom. The zero-order valence-corrected chi connectivity index (χ0v) is 27.4. The molecule has 1 N–H and O–H groups in total. The number of rotatable bonds is 12. The van der Waals surface area contributed by atoms with Gasteiger partial charge in [0, 0.05) is 43.3 Å². The van der Waals surface area contributed by atoms with Crippen molar-refractivity contribution in [2.45, 2.75) is 63.9 Å². The van der Waals surface area contributed by atoms with Gasteiger partial charge in [-0.25, -0.2) is 19.6 Å². The second kappa shape index (κ2) is 15.2. The van der Waals surface area contributed by atoms with E-state index in [1.165, 1.54) is 6.33 Å². The van der Waals surface area contributed by atoms with Crippen LogP contribution in [0.3, 0.4) is 0 Å². The first kappa shape index (κ1) is 32.2. The number of hydrogen-bond acceptors (Lipinski definition) is 12. The van der Waals surface area contributed by atoms with E-state index in [0.29, 0.717) is 41.4 Å². The summed E-state index contributed by atoms with van der Waals surface area (Å²) in [6, 6.07) is 14.3. The number of anilines is 2. The summed E-state index contributed by atoms with van der Waals surface area (Å²) in [7, 11) is 0. The van der Waals surface area contributed by atoms with Gasteiger partial charge in [0.25, 0.3) is 5.88 Å². The van der Waals surface area contributed by atoms with E-state index < -0.39 is 0 Å². The Morgan fingerprint density at radius 3 is 2.57 bits per heavy atom. The van der Waals surface area contributed by atoms with Gasteiger partial charge in [0.1, 0.15) is 42.9 Å². The lowest BCUT2D eigenvalue weighted by atomic mass is 9.90. The molecule has 0 amide bonds. The Kier molecular flexibility index (Phi) is 10.00. The SMILES string of the molecule is CC(Cn1cncn1)Oc1cc(-c2cnc(Nc3cn(C4CCC(N5CCOCC5)CC4)nc3OCc3ccccn3)nc2)ccc1C#N. The van der Waals surface area contributed by atoms with Crippen LogP contribution in [0.5, 0.6) is 11.6 Å². The highest BCUT2D eigenvalue weighted by atomic mass is 16.5. The van der Waals surface area contributed by atoms with Gasteiger partial charge in [-0.1, -0.05) is 12.1 Å². The molecule has 0 radical (unpaired) electrons. The summed E-state index contributed by atoms with van der Waals surface area (Å²) < 4.78 is 21.6. The molecule has 1 saturated carbocycles. The minimum Gasteiger partial charge on any atom is -0.487 e. The number of pyridine rings is 1. The maximum Gasteiger partial charge on any atom is 0.257 e. The highest BCUT2D eigenvalue weighted by Gasteiger charge is 2.29. The van der Waals surface area contributed by atoms with Crippen LogP contribution >= 0.6 is 0 Å². The Morgan fingerprint density at radius 2 is 1.84 bits per heavy atom. The Bertz CT molecular complexity index is 1830. The number of morpholine rings is 1. The van der Waals surface area contributed by atoms with Crippen LogP contribution in [0.1, 0.15) is 49.9 Å². The first-order chi connectivity index (χ1) is 24.1. The molecule has 7 rings (SSSR count). The Balaban J connectivity index is 1.05. The molecule has 14 nitrogen and oxygen atoms in total. The predicted molar refractivity (Wildman–Crippen MR) is 180 cm³/mol. The fourth-order valence-corrected chi connectivity index (χ4v) is 6.41. The van der Waals surface area contributed by atoms with Crippen molar-refractivity contribution in [3.05, 3.63) is 85.1 Å². The summed E-state index contributed by atoms with van der Waals surface area (Å²) in [4.78, 5) is 20.2. The van der Waals surface area contributed by atoms with E-state index in [1.807, 2.05) is 48.1 Å². The predicted octanol–water partition coefficient (Wildman–Crippen LogP) is 4.80. The number of nitriles is 1. The van der Waals surface area contributed by atoms with Gasteiger partial charge in [-0.15, -0.1) is 5.10 Å². The number of nitrogens with zero attached hydrogens (tertiary/aromatic N) is 10. The Hall–Kier alpha value is -5.39. The molecule has 2 fully saturated rings. The van der Waals surface area contributed by atoms with Crippen LogP contribution in [-0.4, -0.2) is 82.8 Å². The molecular weight excluding hydrogens is 622 g/mol. The fraction of sp³-hybridized carbons (Fsp3) is 0.400. The number of aromatic nitrogens is 8. The monoisotopic (exact) mass is 661 g/mol. The second-order valence-corrected chi connectivity index (χ2v) is 12.3. The van der Waals surface area contributed by atoms with Crippen LogP contribution in [0.2, 0.25) is 0 Å². The van der Waals surface area contributed by atoms with Gasteiger partial charge >= 0.3 is 0 Å². The fourth-order valence-electron chi connectivity index (χ4n) is 6.41. The summed E-state index contributed by atoms with van der Waals surface area (Å²) in [5.74, 6) is 1.37. The van der Waals surface area contributed by atoms with Crippen LogP contribution in [0.25, 0.3) is 11.1 Å². The summed E-state index contributed by atoms with van der Waals surface area (Å²) in [5, 5.41) is 22.0. The van der Waals surface area contributed by atoms with E-state index in [9.17, 15) is 5.26 Å². The molecule has 252 valence electrons. The van der Waals surface area contributed by atoms with Gasteiger partial charge in [-0.2, -0.15) is 10.4 Å². The first-order valence-electron chi connectivity index (χ1n) is 16.7. The third kappa shape index (κ3) is 8.02. The molecule has 5 heterocycles. The third-order valence-corrected chi connectivity index (χ3v) is 8.96. The first-order valence-corrected chi connectivity index (χ1v) is 16.7. The molecule has 4 aromatic heterocycles. The maximum atomic E-state index is 9.68. The van der Waals surface area contributed by atoms with Gasteiger partial charge < -0.3 is 19.5 Å². The maximum absolute atomic E-state index is 9.68. The molecule has 14 heteroatoms. The van der Waals surface area contributed by atoms with Crippen molar-refractivity contribution in [1.82, 2.24) is 44.4 Å². The van der Waals surface area contributed by atoms with Crippen molar-refractivity contribution >= 4 is 11.6 Å². The molecule has 2 aliphatic rings. The molecular formula is C35H39N11O3. The average molecular weight is 662 g/mol. The van der Waals surface area contributed by atoms with Crippen LogP contribution in [0.15, 0.2) is 73.8 Å². The largest absolute Gasteiger partial charge is 0.487 e. The molecule has 5 aromatic rings. The molecule has 1 atom stereocenters. The second-order valence-electron chi connectivity index (χ2n) is 12.3. The normalized spacial score (nSPS) is 18.8. The highest BCUT2D eigenvalue weighted by Crippen LogP contribution is 2.35. The van der Waals surface area contributed by atoms with Crippen LogP contribution in [0.4, 0.5) is 11.6 Å². The van der Waals surface area contributed by atoms with E-state index in [0.717, 1.165) is 68.8 Å². The molecule has 1 aromatic carbocycles. The van der Waals surface area contributed by atoms with E-state index in [4.69, 9.17) is 19.3 Å². The van der Waals surface area contributed by atoms with E-state index in [-0.39, 0.29) is 18.8 Å². The molecule has 1 saturated heterocycles. The number of benzene rings is 1. The summed E-state index contributed by atoms with van der Waals surface area (Å²) in [6.07, 6.45) is 14.5. The number of hydrogen-bond donors (Lipinski definition) is 1. The lowest BCUT2D eigenvalue weighted by molar-refractivity contribution is 0.00502. The standard InChI is InChI=1S/C35H39N11O3/c1-25(20-45-24-37-23-41-45)49-33-16-26(5-6-27(33)17-36)28-18-39-35(40-19-28)42-32-21-46(43-34(32)48-22-29-4-2-3-11-38-29)31-9-7-30(8-10-31)44-12-14-47-15-13-44/h2-6,11,16,18-19,21,23-25,30-31H,7-10,12-15,20,22H2,1H3,(H,39,40,42). The van der Waals surface area contributed by atoms with Crippen LogP contribution < -0.4 is 14.8 Å². The van der Waals surface area contributed by atoms with Crippen molar-refractivity contribution in [1.29, 1.82) is 5.26 Å². The van der Waals surface area contributed by atoms with Gasteiger partial charge in [0.05, 0.1) is 43.3 Å². The van der Waals surface area contributed by atoms with Crippen molar-refractivity contribution in [2.24, 2.45) is 0 Å². The summed E-state index contributed by atoms with van der Waals surface area (Å²) >= 11 is 0. The smallest absolute Gasteiger partial charge is 0.257 e. The quantitative estimate of drug-likeness (QED) is 0.195. The topological polar surface area (TPSA) is 154 Å². The van der Waals surface area contributed by atoms with Gasteiger partial charge in [0.2, 0.25) is 5.95 Å². The molecule has 0 bridgehead atoms. The van der Waals surface area contributed by atoms with Crippen LogP contribution in [0, 0.1) is 11.3 Å². The third-order valence-electron chi connectivity index (χ3n) is 8.96. The van der Waals surface area contributed by atoms with E-state index in [2.05, 4.69) is 41.3 Å². The molecule has 0 spiro atoms. The van der Waals surface area contributed by atoms with Crippen LogP contribution in [-0.2, 0) is 17.9 Å².